The van der Waals surface area contributed by atoms with E-state index in [2.05, 4.69) is 38.8 Å². The summed E-state index contributed by atoms with van der Waals surface area (Å²) in [6.07, 6.45) is 1.70. The van der Waals surface area contributed by atoms with Crippen LogP contribution in [-0.2, 0) is 4.43 Å². The van der Waals surface area contributed by atoms with Crippen molar-refractivity contribution in [2.75, 3.05) is 6.54 Å². The highest BCUT2D eigenvalue weighted by molar-refractivity contribution is 8.93. The molecule has 1 fully saturated rings. The van der Waals surface area contributed by atoms with Crippen LogP contribution in [0.25, 0.3) is 0 Å². The number of carbonyl (C=O) groups is 1. The number of ketones is 1. The van der Waals surface area contributed by atoms with Gasteiger partial charge < -0.3 is 10.2 Å². The molecule has 7 heteroatoms. The summed E-state index contributed by atoms with van der Waals surface area (Å²) in [7, 11) is -1.23. The van der Waals surface area contributed by atoms with Gasteiger partial charge in [-0.05, 0) is 55.6 Å². The highest BCUT2D eigenvalue weighted by Crippen LogP contribution is 2.35. The summed E-state index contributed by atoms with van der Waals surface area (Å²) in [6.45, 7) is 11.1. The van der Waals surface area contributed by atoms with Crippen molar-refractivity contribution in [2.24, 2.45) is 11.1 Å². The zero-order valence-corrected chi connectivity index (χ0v) is 19.2. The van der Waals surface area contributed by atoms with Crippen LogP contribution in [0.15, 0.2) is 24.3 Å². The molecule has 0 spiro atoms. The summed E-state index contributed by atoms with van der Waals surface area (Å²) < 4.78 is 19.4. The van der Waals surface area contributed by atoms with Crippen molar-refractivity contribution >= 4 is 31.8 Å². The summed E-state index contributed by atoms with van der Waals surface area (Å²) in [5.41, 5.74) is 6.80. The molecule has 0 aliphatic carbocycles. The molecule has 1 saturated heterocycles. The third-order valence-electron chi connectivity index (χ3n) is 4.72. The molecule has 1 aliphatic rings. The van der Waals surface area contributed by atoms with Gasteiger partial charge in [-0.1, -0.05) is 20.8 Å². The van der Waals surface area contributed by atoms with Crippen LogP contribution >= 0.6 is 17.0 Å². The van der Waals surface area contributed by atoms with Crippen LogP contribution in [0, 0.1) is 11.2 Å². The van der Waals surface area contributed by atoms with Gasteiger partial charge in [0, 0.05) is 11.6 Å². The number of Topliss-reactive ketones (excluding diaryl/α,β-unsaturated/α-hetero) is 1. The second kappa shape index (κ2) is 9.55. The molecule has 2 rings (SSSR count). The summed E-state index contributed by atoms with van der Waals surface area (Å²) >= 11 is 0. The van der Waals surface area contributed by atoms with Crippen molar-refractivity contribution in [3.05, 3.63) is 35.6 Å². The van der Waals surface area contributed by atoms with Gasteiger partial charge in [0.2, 0.25) is 0 Å². The zero-order chi connectivity index (χ0) is 18.8. The zero-order valence-electron chi connectivity index (χ0n) is 16.4. The van der Waals surface area contributed by atoms with E-state index in [9.17, 15) is 9.18 Å². The number of nitrogens with two attached hydrogens (primary N) is 1. The third kappa shape index (κ3) is 5.95. The Kier molecular flexibility index (Phi) is 8.61. The first-order chi connectivity index (χ1) is 11.6. The van der Waals surface area contributed by atoms with Crippen molar-refractivity contribution in [3.63, 3.8) is 0 Å². The van der Waals surface area contributed by atoms with Crippen molar-refractivity contribution in [1.82, 2.24) is 4.90 Å². The van der Waals surface area contributed by atoms with Crippen molar-refractivity contribution < 1.29 is 13.6 Å². The number of carbonyl (C=O) groups excluding carboxylic acids is 1. The van der Waals surface area contributed by atoms with Crippen molar-refractivity contribution in [1.29, 1.82) is 0 Å². The molecular formula is C19H32BrFN2O2Si. The third-order valence-corrected chi connectivity index (χ3v) is 5.56. The highest BCUT2D eigenvalue weighted by Gasteiger charge is 2.42. The number of benzene rings is 1. The van der Waals surface area contributed by atoms with Gasteiger partial charge in [0.05, 0.1) is 18.8 Å². The van der Waals surface area contributed by atoms with Crippen LogP contribution in [-0.4, -0.2) is 44.6 Å². The standard InChI is InChI=1S/C19H31FN2O2Si.BrH/c1-19(2,3)18(24-25(4)5)15-10-11-17(21)22(15)12-16(23)13-6-8-14(20)9-7-13;/h6-9,15,17-18,25H,10-12,21H2,1-5H3;1H. The molecule has 2 N–H and O–H groups in total. The topological polar surface area (TPSA) is 55.6 Å². The Morgan fingerprint density at radius 1 is 1.31 bits per heavy atom. The quantitative estimate of drug-likeness (QED) is 0.533. The Bertz CT molecular complexity index is 592. The maximum Gasteiger partial charge on any atom is 0.176 e. The van der Waals surface area contributed by atoms with E-state index in [1.807, 2.05) is 0 Å². The van der Waals surface area contributed by atoms with Gasteiger partial charge in [0.25, 0.3) is 0 Å². The molecule has 4 nitrogen and oxygen atoms in total. The van der Waals surface area contributed by atoms with E-state index in [1.54, 1.807) is 0 Å². The van der Waals surface area contributed by atoms with E-state index in [0.29, 0.717) is 5.56 Å². The first kappa shape index (κ1) is 23.4. The largest absolute Gasteiger partial charge is 0.416 e. The SMILES string of the molecule is Br.C[SiH](C)OC(C1CCC(N)N1CC(=O)c1ccc(F)cc1)C(C)(C)C. The molecule has 3 unspecified atom stereocenters. The van der Waals surface area contributed by atoms with Crippen molar-refractivity contribution in [3.8, 4) is 0 Å². The minimum absolute atomic E-state index is 0. The van der Waals surface area contributed by atoms with Gasteiger partial charge in [-0.2, -0.15) is 0 Å². The highest BCUT2D eigenvalue weighted by atomic mass is 79.9. The molecule has 1 aromatic rings. The Balaban J connectivity index is 0.00000338. The number of hydrogen-bond donors (Lipinski definition) is 1. The number of rotatable bonds is 6. The number of nitrogens with zero attached hydrogens (tertiary/aromatic N) is 1. The molecule has 0 bridgehead atoms. The fourth-order valence-electron chi connectivity index (χ4n) is 3.54. The Labute approximate surface area is 168 Å². The molecule has 148 valence electrons. The van der Waals surface area contributed by atoms with Crippen LogP contribution in [0.3, 0.4) is 0 Å². The van der Waals surface area contributed by atoms with E-state index in [1.165, 1.54) is 24.3 Å². The predicted molar refractivity (Wildman–Crippen MR) is 112 cm³/mol. The second-order valence-corrected chi connectivity index (χ2v) is 10.7. The molecule has 26 heavy (non-hydrogen) atoms. The molecule has 0 aromatic heterocycles. The number of likely N-dealkylation sites (tertiary alicyclic amines) is 1. The molecule has 0 radical (unpaired) electrons. The minimum atomic E-state index is -1.23. The normalized spacial score (nSPS) is 22.3. The summed E-state index contributed by atoms with van der Waals surface area (Å²) in [5, 5.41) is 0. The Hall–Kier alpha value is -0.603. The van der Waals surface area contributed by atoms with Crippen LogP contribution in [0.5, 0.6) is 0 Å². The smallest absolute Gasteiger partial charge is 0.176 e. The first-order valence-electron chi connectivity index (χ1n) is 9.05. The van der Waals surface area contributed by atoms with E-state index >= 15 is 0 Å². The average Bonchev–Trinajstić information content (AvgIpc) is 2.85. The van der Waals surface area contributed by atoms with Gasteiger partial charge >= 0.3 is 0 Å². The lowest BCUT2D eigenvalue weighted by Gasteiger charge is -2.41. The van der Waals surface area contributed by atoms with Crippen LogP contribution in [0.4, 0.5) is 4.39 Å². The monoisotopic (exact) mass is 446 g/mol. The predicted octanol–water partition coefficient (Wildman–Crippen LogP) is 3.75. The molecule has 1 aliphatic heterocycles. The molecule has 1 aromatic carbocycles. The minimum Gasteiger partial charge on any atom is -0.416 e. The number of halogens is 2. The van der Waals surface area contributed by atoms with Gasteiger partial charge in [0.15, 0.2) is 14.8 Å². The Morgan fingerprint density at radius 3 is 2.38 bits per heavy atom. The lowest BCUT2D eigenvalue weighted by atomic mass is 9.83. The van der Waals surface area contributed by atoms with Crippen LogP contribution in [0.2, 0.25) is 13.1 Å². The van der Waals surface area contributed by atoms with E-state index in [-0.39, 0.29) is 58.9 Å². The Morgan fingerprint density at radius 2 is 1.88 bits per heavy atom. The maximum atomic E-state index is 13.1. The lowest BCUT2D eigenvalue weighted by molar-refractivity contribution is 0.00590. The molecular weight excluding hydrogens is 415 g/mol. The van der Waals surface area contributed by atoms with E-state index in [4.69, 9.17) is 10.2 Å². The summed E-state index contributed by atoms with van der Waals surface area (Å²) in [4.78, 5) is 14.7. The average molecular weight is 447 g/mol. The lowest BCUT2D eigenvalue weighted by Crippen LogP contribution is -2.53. The molecule has 1 heterocycles. The molecule has 0 saturated carbocycles. The summed E-state index contributed by atoms with van der Waals surface area (Å²) in [5.74, 6) is -0.368. The number of hydrogen-bond acceptors (Lipinski definition) is 4. The fourth-order valence-corrected chi connectivity index (χ4v) is 4.71. The van der Waals surface area contributed by atoms with Crippen LogP contribution < -0.4 is 5.73 Å². The summed E-state index contributed by atoms with van der Waals surface area (Å²) in [6, 6.07) is 5.84. The maximum absolute atomic E-state index is 13.1. The van der Waals surface area contributed by atoms with Gasteiger partial charge in [-0.15, -0.1) is 17.0 Å². The second-order valence-electron chi connectivity index (χ2n) is 8.29. The van der Waals surface area contributed by atoms with Gasteiger partial charge in [0.1, 0.15) is 5.82 Å². The van der Waals surface area contributed by atoms with E-state index in [0.717, 1.165) is 12.8 Å². The molecule has 0 amide bonds. The van der Waals surface area contributed by atoms with Crippen molar-refractivity contribution in [2.45, 2.75) is 65.0 Å². The fraction of sp³-hybridized carbons (Fsp3) is 0.632. The van der Waals surface area contributed by atoms with Crippen LogP contribution in [0.1, 0.15) is 44.0 Å². The molecule has 3 atom stereocenters. The van der Waals surface area contributed by atoms with Gasteiger partial charge in [-0.3, -0.25) is 9.69 Å². The van der Waals surface area contributed by atoms with E-state index < -0.39 is 9.04 Å². The van der Waals surface area contributed by atoms with Gasteiger partial charge in [-0.25, -0.2) is 4.39 Å². The first-order valence-corrected chi connectivity index (χ1v) is 11.8.